The molecule has 9 heteroatoms. The summed E-state index contributed by atoms with van der Waals surface area (Å²) in [4.78, 5) is 7.26. The second-order valence-electron chi connectivity index (χ2n) is 7.15. The number of guanidine groups is 1. The molecule has 0 aromatic heterocycles. The number of fused-ring (bicyclic) bond motifs is 1. The van der Waals surface area contributed by atoms with Gasteiger partial charge in [0.15, 0.2) is 5.96 Å². The molecule has 0 radical (unpaired) electrons. The summed E-state index contributed by atoms with van der Waals surface area (Å²) >= 11 is 0. The first-order chi connectivity index (χ1) is 14.5. The predicted molar refractivity (Wildman–Crippen MR) is 134 cm³/mol. The van der Waals surface area contributed by atoms with E-state index < -0.39 is 10.0 Å². The topological polar surface area (TPSA) is 83.0 Å². The number of ether oxygens (including phenoxy) is 1. The Morgan fingerprint density at radius 3 is 2.68 bits per heavy atom. The molecule has 1 heterocycles. The molecule has 2 aromatic rings. The van der Waals surface area contributed by atoms with Crippen molar-refractivity contribution >= 4 is 40.0 Å². The van der Waals surface area contributed by atoms with Gasteiger partial charge < -0.3 is 15.0 Å². The summed E-state index contributed by atoms with van der Waals surface area (Å²) in [7, 11) is -2.02. The van der Waals surface area contributed by atoms with Crippen LogP contribution >= 0.6 is 24.0 Å². The fraction of sp³-hybridized carbons (Fsp3) is 0.409. The van der Waals surface area contributed by atoms with Gasteiger partial charge in [-0.15, -0.1) is 24.0 Å². The minimum absolute atomic E-state index is 0. The van der Waals surface area contributed by atoms with E-state index in [9.17, 15) is 8.42 Å². The molecule has 31 heavy (non-hydrogen) atoms. The van der Waals surface area contributed by atoms with E-state index in [-0.39, 0.29) is 35.4 Å². The van der Waals surface area contributed by atoms with Crippen LogP contribution in [0.1, 0.15) is 23.6 Å². The van der Waals surface area contributed by atoms with Crippen LogP contribution in [0.5, 0.6) is 0 Å². The number of hydrogen-bond acceptors (Lipinski definition) is 4. The molecule has 0 saturated heterocycles. The third kappa shape index (κ3) is 7.16. The summed E-state index contributed by atoms with van der Waals surface area (Å²) in [6, 6.07) is 15.4. The molecule has 2 aromatic carbocycles. The molecule has 0 aliphatic carbocycles. The van der Waals surface area contributed by atoms with Crippen molar-refractivity contribution in [2.45, 2.75) is 31.3 Å². The van der Waals surface area contributed by atoms with E-state index in [4.69, 9.17) is 9.73 Å². The van der Waals surface area contributed by atoms with Gasteiger partial charge in [-0.3, -0.25) is 0 Å². The highest BCUT2D eigenvalue weighted by Gasteiger charge is 2.19. The maximum absolute atomic E-state index is 12.4. The van der Waals surface area contributed by atoms with Gasteiger partial charge in [-0.05, 0) is 42.2 Å². The number of rotatable bonds is 8. The fourth-order valence-corrected chi connectivity index (χ4v) is 4.52. The standard InChI is InChI=1S/C22H30N4O3S.HI/c1-3-23-22(26-13-11-19-8-4-5-9-20(19)17-26)24-16-18-7-6-10-21(15-18)30(27,28)25-12-14-29-2;/h4-10,15,25H,3,11-14,16-17H2,1-2H3,(H,23,24);1H. The van der Waals surface area contributed by atoms with Crippen LogP contribution in [0.2, 0.25) is 0 Å². The van der Waals surface area contributed by atoms with E-state index in [1.54, 1.807) is 18.2 Å². The van der Waals surface area contributed by atoms with E-state index in [1.165, 1.54) is 18.2 Å². The lowest BCUT2D eigenvalue weighted by molar-refractivity contribution is 0.204. The smallest absolute Gasteiger partial charge is 0.240 e. The van der Waals surface area contributed by atoms with Crippen LogP contribution in [-0.4, -0.2) is 52.6 Å². The van der Waals surface area contributed by atoms with Crippen molar-refractivity contribution in [3.8, 4) is 0 Å². The van der Waals surface area contributed by atoms with Crippen molar-refractivity contribution < 1.29 is 13.2 Å². The molecule has 1 aliphatic heterocycles. The Morgan fingerprint density at radius 2 is 1.94 bits per heavy atom. The first-order valence-corrected chi connectivity index (χ1v) is 11.7. The zero-order chi connectivity index (χ0) is 21.4. The summed E-state index contributed by atoms with van der Waals surface area (Å²) in [5, 5.41) is 3.36. The van der Waals surface area contributed by atoms with Crippen molar-refractivity contribution in [3.05, 3.63) is 65.2 Å². The van der Waals surface area contributed by atoms with Crippen LogP contribution in [0.4, 0.5) is 0 Å². The van der Waals surface area contributed by atoms with E-state index in [2.05, 4.69) is 39.2 Å². The van der Waals surface area contributed by atoms with Crippen LogP contribution in [0.15, 0.2) is 58.4 Å². The molecule has 0 bridgehead atoms. The van der Waals surface area contributed by atoms with Gasteiger partial charge in [-0.25, -0.2) is 18.1 Å². The minimum Gasteiger partial charge on any atom is -0.383 e. The number of nitrogens with one attached hydrogen (secondary N) is 2. The molecule has 0 atom stereocenters. The third-order valence-electron chi connectivity index (χ3n) is 4.98. The molecule has 1 aliphatic rings. The summed E-state index contributed by atoms with van der Waals surface area (Å²) < 4.78 is 32.3. The van der Waals surface area contributed by atoms with Gasteiger partial charge in [0.25, 0.3) is 0 Å². The Bertz CT molecular complexity index is 982. The zero-order valence-electron chi connectivity index (χ0n) is 18.0. The Balaban J connectivity index is 0.00000341. The molecule has 0 fully saturated rings. The summed E-state index contributed by atoms with van der Waals surface area (Å²) in [6.07, 6.45) is 0.988. The van der Waals surface area contributed by atoms with Gasteiger partial charge in [0.05, 0.1) is 18.0 Å². The largest absolute Gasteiger partial charge is 0.383 e. The van der Waals surface area contributed by atoms with Crippen molar-refractivity contribution in [3.63, 3.8) is 0 Å². The molecule has 0 spiro atoms. The number of aliphatic imine (C=N–C) groups is 1. The Morgan fingerprint density at radius 1 is 1.16 bits per heavy atom. The van der Waals surface area contributed by atoms with Gasteiger partial charge >= 0.3 is 0 Å². The average molecular weight is 558 g/mol. The molecule has 2 N–H and O–H groups in total. The number of hydrogen-bond donors (Lipinski definition) is 2. The minimum atomic E-state index is -3.56. The number of halogens is 1. The summed E-state index contributed by atoms with van der Waals surface area (Å²) in [6.45, 7) is 5.51. The lowest BCUT2D eigenvalue weighted by atomic mass is 10.0. The van der Waals surface area contributed by atoms with E-state index >= 15 is 0 Å². The Kier molecular flexibility index (Phi) is 10.2. The van der Waals surface area contributed by atoms with E-state index in [0.29, 0.717) is 13.2 Å². The SMILES string of the molecule is CCNC(=NCc1cccc(S(=O)(=O)NCCOC)c1)N1CCc2ccccc2C1.I. The molecule has 0 saturated carbocycles. The van der Waals surface area contributed by atoms with Crippen molar-refractivity contribution in [2.24, 2.45) is 4.99 Å². The highest BCUT2D eigenvalue weighted by molar-refractivity contribution is 14.0. The second kappa shape index (κ2) is 12.4. The number of benzene rings is 2. The molecule has 170 valence electrons. The van der Waals surface area contributed by atoms with E-state index in [0.717, 1.165) is 37.6 Å². The Labute approximate surface area is 202 Å². The normalized spacial score (nSPS) is 14.0. The number of nitrogens with zero attached hydrogens (tertiary/aromatic N) is 2. The zero-order valence-corrected chi connectivity index (χ0v) is 21.2. The summed E-state index contributed by atoms with van der Waals surface area (Å²) in [5.74, 6) is 0.846. The van der Waals surface area contributed by atoms with Gasteiger partial charge in [0.1, 0.15) is 0 Å². The number of sulfonamides is 1. The highest BCUT2D eigenvalue weighted by Crippen LogP contribution is 2.19. The fourth-order valence-electron chi connectivity index (χ4n) is 3.44. The van der Waals surface area contributed by atoms with Gasteiger partial charge in [0, 0.05) is 33.3 Å². The van der Waals surface area contributed by atoms with Crippen molar-refractivity contribution in [1.82, 2.24) is 14.9 Å². The Hall–Kier alpha value is -1.69. The van der Waals surface area contributed by atoms with Crippen LogP contribution in [0.3, 0.4) is 0 Å². The second-order valence-corrected chi connectivity index (χ2v) is 8.92. The van der Waals surface area contributed by atoms with Crippen LogP contribution in [0.25, 0.3) is 0 Å². The maximum Gasteiger partial charge on any atom is 0.240 e. The average Bonchev–Trinajstić information content (AvgIpc) is 2.76. The molecular weight excluding hydrogens is 527 g/mol. The quantitative estimate of drug-likeness (QED) is 0.226. The van der Waals surface area contributed by atoms with Gasteiger partial charge in [0.2, 0.25) is 10.0 Å². The molecular formula is C22H31IN4O3S. The van der Waals surface area contributed by atoms with Crippen LogP contribution in [0, 0.1) is 0 Å². The number of methoxy groups -OCH3 is 1. The lowest BCUT2D eigenvalue weighted by Gasteiger charge is -2.31. The van der Waals surface area contributed by atoms with Crippen LogP contribution in [-0.2, 0) is 34.3 Å². The molecule has 3 rings (SSSR count). The summed E-state index contributed by atoms with van der Waals surface area (Å²) in [5.41, 5.74) is 3.56. The van der Waals surface area contributed by atoms with E-state index in [1.807, 2.05) is 13.0 Å². The third-order valence-corrected chi connectivity index (χ3v) is 6.44. The predicted octanol–water partition coefficient (Wildman–Crippen LogP) is 2.75. The van der Waals surface area contributed by atoms with Crippen molar-refractivity contribution in [2.75, 3.05) is 33.4 Å². The van der Waals surface area contributed by atoms with Crippen LogP contribution < -0.4 is 10.0 Å². The molecule has 7 nitrogen and oxygen atoms in total. The molecule has 0 unspecified atom stereocenters. The van der Waals surface area contributed by atoms with Gasteiger partial charge in [-0.2, -0.15) is 0 Å². The first kappa shape index (κ1) is 25.6. The highest BCUT2D eigenvalue weighted by atomic mass is 127. The van der Waals surface area contributed by atoms with Crippen molar-refractivity contribution in [1.29, 1.82) is 0 Å². The maximum atomic E-state index is 12.4. The lowest BCUT2D eigenvalue weighted by Crippen LogP contribution is -2.44. The monoisotopic (exact) mass is 558 g/mol. The molecule has 0 amide bonds. The first-order valence-electron chi connectivity index (χ1n) is 10.2. The van der Waals surface area contributed by atoms with Gasteiger partial charge in [-0.1, -0.05) is 36.4 Å².